The highest BCUT2D eigenvalue weighted by molar-refractivity contribution is 7.12. The van der Waals surface area contributed by atoms with Crippen molar-refractivity contribution in [3.05, 3.63) is 50.7 Å². The summed E-state index contributed by atoms with van der Waals surface area (Å²) in [5, 5.41) is 3.48. The molecule has 1 unspecified atom stereocenters. The molecule has 1 N–H and O–H groups in total. The monoisotopic (exact) mass is 301 g/mol. The predicted octanol–water partition coefficient (Wildman–Crippen LogP) is 4.25. The van der Waals surface area contributed by atoms with E-state index in [0.29, 0.717) is 6.61 Å². The molecule has 0 radical (unpaired) electrons. The molecule has 21 heavy (non-hydrogen) atoms. The van der Waals surface area contributed by atoms with Crippen LogP contribution < -0.4 is 10.1 Å². The van der Waals surface area contributed by atoms with E-state index in [9.17, 15) is 0 Å². The van der Waals surface area contributed by atoms with Crippen molar-refractivity contribution in [1.29, 1.82) is 0 Å². The van der Waals surface area contributed by atoms with Crippen molar-refractivity contribution >= 4 is 11.3 Å². The summed E-state index contributed by atoms with van der Waals surface area (Å²) in [4.78, 5) is 2.99. The van der Waals surface area contributed by atoms with E-state index < -0.39 is 0 Å². The van der Waals surface area contributed by atoms with E-state index in [-0.39, 0.29) is 6.04 Å². The van der Waals surface area contributed by atoms with Gasteiger partial charge in [0.1, 0.15) is 5.75 Å². The standard InChI is InChI=1S/C18H23NOS/c1-4-20-15-9-8-12(2)10-14(15)18(19-3)17-11-13-6-5-7-16(13)21-17/h8-11,18-19H,4-7H2,1-3H3. The number of rotatable bonds is 5. The molecule has 1 aromatic heterocycles. The van der Waals surface area contributed by atoms with Crippen LogP contribution in [0, 0.1) is 6.92 Å². The molecular formula is C18H23NOS. The molecule has 0 spiro atoms. The van der Waals surface area contributed by atoms with Gasteiger partial charge in [0, 0.05) is 15.3 Å². The summed E-state index contributed by atoms with van der Waals surface area (Å²) in [6.45, 7) is 4.88. The highest BCUT2D eigenvalue weighted by atomic mass is 32.1. The third-order valence-electron chi connectivity index (χ3n) is 4.11. The first kappa shape index (κ1) is 14.6. The molecule has 2 aromatic rings. The quantitative estimate of drug-likeness (QED) is 0.891. The van der Waals surface area contributed by atoms with Crippen LogP contribution in [0.15, 0.2) is 24.3 Å². The Morgan fingerprint density at radius 1 is 1.29 bits per heavy atom. The average Bonchev–Trinajstić information content (AvgIpc) is 3.04. The van der Waals surface area contributed by atoms with Gasteiger partial charge in [-0.1, -0.05) is 17.7 Å². The minimum absolute atomic E-state index is 0.224. The number of thiophene rings is 1. The third kappa shape index (κ3) is 2.85. The fraction of sp³-hybridized carbons (Fsp3) is 0.444. The lowest BCUT2D eigenvalue weighted by molar-refractivity contribution is 0.334. The van der Waals surface area contributed by atoms with Crippen molar-refractivity contribution in [1.82, 2.24) is 5.32 Å². The maximum atomic E-state index is 5.84. The molecule has 0 fully saturated rings. The van der Waals surface area contributed by atoms with E-state index in [1.165, 1.54) is 35.3 Å². The molecule has 1 heterocycles. The molecule has 1 aromatic carbocycles. The van der Waals surface area contributed by atoms with Gasteiger partial charge < -0.3 is 10.1 Å². The molecule has 0 saturated heterocycles. The predicted molar refractivity (Wildman–Crippen MR) is 89.6 cm³/mol. The van der Waals surface area contributed by atoms with E-state index in [4.69, 9.17) is 4.74 Å². The van der Waals surface area contributed by atoms with Crippen LogP contribution in [0.3, 0.4) is 0 Å². The van der Waals surface area contributed by atoms with Gasteiger partial charge in [-0.3, -0.25) is 0 Å². The summed E-state index contributed by atoms with van der Waals surface area (Å²) >= 11 is 1.96. The molecule has 1 atom stereocenters. The van der Waals surface area contributed by atoms with Crippen LogP contribution in [0.2, 0.25) is 0 Å². The van der Waals surface area contributed by atoms with Crippen molar-refractivity contribution < 1.29 is 4.74 Å². The van der Waals surface area contributed by atoms with Crippen molar-refractivity contribution in [3.63, 3.8) is 0 Å². The van der Waals surface area contributed by atoms with Gasteiger partial charge in [0.2, 0.25) is 0 Å². The number of nitrogens with one attached hydrogen (secondary N) is 1. The zero-order valence-electron chi connectivity index (χ0n) is 13.0. The van der Waals surface area contributed by atoms with Gasteiger partial charge in [-0.2, -0.15) is 0 Å². The molecule has 0 bridgehead atoms. The molecule has 1 aliphatic carbocycles. The van der Waals surface area contributed by atoms with Gasteiger partial charge in [0.25, 0.3) is 0 Å². The molecule has 3 rings (SSSR count). The first-order chi connectivity index (χ1) is 10.2. The smallest absolute Gasteiger partial charge is 0.124 e. The first-order valence-electron chi connectivity index (χ1n) is 7.75. The molecule has 112 valence electrons. The topological polar surface area (TPSA) is 21.3 Å². The lowest BCUT2D eigenvalue weighted by atomic mass is 10.0. The summed E-state index contributed by atoms with van der Waals surface area (Å²) in [7, 11) is 2.04. The molecule has 0 amide bonds. The van der Waals surface area contributed by atoms with Gasteiger partial charge in [0.15, 0.2) is 0 Å². The molecular weight excluding hydrogens is 278 g/mol. The second-order valence-corrected chi connectivity index (χ2v) is 6.82. The molecule has 1 aliphatic rings. The minimum Gasteiger partial charge on any atom is -0.494 e. The summed E-state index contributed by atoms with van der Waals surface area (Å²) < 4.78 is 5.84. The van der Waals surface area contributed by atoms with E-state index in [2.05, 4.69) is 36.5 Å². The first-order valence-corrected chi connectivity index (χ1v) is 8.56. The Morgan fingerprint density at radius 2 is 2.14 bits per heavy atom. The van der Waals surface area contributed by atoms with Gasteiger partial charge in [0.05, 0.1) is 12.6 Å². The van der Waals surface area contributed by atoms with Crippen LogP contribution in [-0.2, 0) is 12.8 Å². The highest BCUT2D eigenvalue weighted by Gasteiger charge is 2.22. The Balaban J connectivity index is 2.00. The number of fused-ring (bicyclic) bond motifs is 1. The lowest BCUT2D eigenvalue weighted by Crippen LogP contribution is -2.18. The van der Waals surface area contributed by atoms with Crippen LogP contribution in [0.5, 0.6) is 5.75 Å². The van der Waals surface area contributed by atoms with Crippen LogP contribution in [-0.4, -0.2) is 13.7 Å². The summed E-state index contributed by atoms with van der Waals surface area (Å²) in [5.41, 5.74) is 4.08. The zero-order valence-corrected chi connectivity index (χ0v) is 13.8. The van der Waals surface area contributed by atoms with E-state index >= 15 is 0 Å². The second kappa shape index (κ2) is 6.20. The number of aryl methyl sites for hydroxylation is 3. The van der Waals surface area contributed by atoms with Gasteiger partial charge in [-0.25, -0.2) is 0 Å². The minimum atomic E-state index is 0.224. The number of benzene rings is 1. The highest BCUT2D eigenvalue weighted by Crippen LogP contribution is 2.38. The molecule has 0 aliphatic heterocycles. The van der Waals surface area contributed by atoms with Gasteiger partial charge in [-0.15, -0.1) is 11.3 Å². The maximum Gasteiger partial charge on any atom is 0.124 e. The van der Waals surface area contributed by atoms with Crippen molar-refractivity contribution in [2.75, 3.05) is 13.7 Å². The SMILES string of the molecule is CCOc1ccc(C)cc1C(NC)c1cc2c(s1)CCC2. The Morgan fingerprint density at radius 3 is 2.86 bits per heavy atom. The average molecular weight is 301 g/mol. The zero-order chi connectivity index (χ0) is 14.8. The lowest BCUT2D eigenvalue weighted by Gasteiger charge is -2.19. The molecule has 3 heteroatoms. The summed E-state index contributed by atoms with van der Waals surface area (Å²) in [6.07, 6.45) is 3.82. The summed E-state index contributed by atoms with van der Waals surface area (Å²) in [5.74, 6) is 0.996. The number of hydrogen-bond acceptors (Lipinski definition) is 3. The van der Waals surface area contributed by atoms with Crippen molar-refractivity contribution in [2.45, 2.75) is 39.2 Å². The summed E-state index contributed by atoms with van der Waals surface area (Å²) in [6, 6.07) is 9.08. The Labute approximate surface area is 131 Å². The fourth-order valence-electron chi connectivity index (χ4n) is 3.13. The Hall–Kier alpha value is -1.32. The van der Waals surface area contributed by atoms with E-state index in [1.54, 1.807) is 10.4 Å². The number of hydrogen-bond donors (Lipinski definition) is 1. The Kier molecular flexibility index (Phi) is 4.32. The second-order valence-electron chi connectivity index (χ2n) is 5.65. The van der Waals surface area contributed by atoms with Crippen LogP contribution in [0.25, 0.3) is 0 Å². The van der Waals surface area contributed by atoms with Gasteiger partial charge in [-0.05, 0) is 57.9 Å². The molecule has 0 saturated carbocycles. The van der Waals surface area contributed by atoms with E-state index in [1.807, 2.05) is 25.3 Å². The fourth-order valence-corrected chi connectivity index (χ4v) is 4.51. The molecule has 2 nitrogen and oxygen atoms in total. The van der Waals surface area contributed by atoms with Crippen LogP contribution >= 0.6 is 11.3 Å². The normalized spacial score (nSPS) is 15.0. The van der Waals surface area contributed by atoms with E-state index in [0.717, 1.165) is 5.75 Å². The Bertz CT molecular complexity index is 611. The van der Waals surface area contributed by atoms with Crippen LogP contribution in [0.4, 0.5) is 0 Å². The van der Waals surface area contributed by atoms with Crippen molar-refractivity contribution in [2.24, 2.45) is 0 Å². The largest absolute Gasteiger partial charge is 0.494 e. The maximum absolute atomic E-state index is 5.84. The van der Waals surface area contributed by atoms with Gasteiger partial charge >= 0.3 is 0 Å². The third-order valence-corrected chi connectivity index (χ3v) is 5.42. The van der Waals surface area contributed by atoms with Crippen molar-refractivity contribution in [3.8, 4) is 5.75 Å². The van der Waals surface area contributed by atoms with Crippen LogP contribution in [0.1, 0.15) is 45.8 Å². The number of ether oxygens (including phenoxy) is 1.